The normalized spacial score (nSPS) is 31.3. The van der Waals surface area contributed by atoms with E-state index in [1.807, 2.05) is 6.92 Å². The van der Waals surface area contributed by atoms with E-state index in [9.17, 15) is 4.79 Å². The van der Waals surface area contributed by atoms with E-state index < -0.39 is 0 Å². The Morgan fingerprint density at radius 2 is 2.00 bits per heavy atom. The maximum absolute atomic E-state index is 11.1. The second kappa shape index (κ2) is 3.17. The van der Waals surface area contributed by atoms with Gasteiger partial charge in [0.15, 0.2) is 0 Å². The Kier molecular flexibility index (Phi) is 2.51. The van der Waals surface area contributed by atoms with Crippen molar-refractivity contribution in [2.24, 2.45) is 5.41 Å². The molecule has 0 bridgehead atoms. The Labute approximate surface area is 80.0 Å². The van der Waals surface area contributed by atoms with Gasteiger partial charge in [0.2, 0.25) is 0 Å². The van der Waals surface area contributed by atoms with Gasteiger partial charge in [0.25, 0.3) is 0 Å². The van der Waals surface area contributed by atoms with Crippen LogP contribution in [0.5, 0.6) is 0 Å². The van der Waals surface area contributed by atoms with Crippen LogP contribution in [0.25, 0.3) is 0 Å². The van der Waals surface area contributed by atoms with Gasteiger partial charge in [-0.15, -0.1) is 0 Å². The highest BCUT2D eigenvalue weighted by molar-refractivity contribution is 5.81. The van der Waals surface area contributed by atoms with Crippen molar-refractivity contribution >= 4 is 5.97 Å². The molecule has 0 radical (unpaired) electrons. The van der Waals surface area contributed by atoms with Gasteiger partial charge in [0, 0.05) is 11.5 Å². The second-order valence-corrected chi connectivity index (χ2v) is 4.59. The maximum Gasteiger partial charge on any atom is 0.330 e. The monoisotopic (exact) mass is 182 g/mol. The van der Waals surface area contributed by atoms with Crippen LogP contribution in [0.3, 0.4) is 0 Å². The number of carbonyl (C=O) groups excluding carboxylic acids is 1. The van der Waals surface area contributed by atoms with Gasteiger partial charge in [-0.3, -0.25) is 0 Å². The van der Waals surface area contributed by atoms with Crippen molar-refractivity contribution in [3.05, 3.63) is 12.7 Å². The summed E-state index contributed by atoms with van der Waals surface area (Å²) in [4.78, 5) is 11.1. The number of hydrogen-bond donors (Lipinski definition) is 0. The lowest BCUT2D eigenvalue weighted by molar-refractivity contribution is -0.161. The van der Waals surface area contributed by atoms with Gasteiger partial charge >= 0.3 is 5.97 Å². The Balaban J connectivity index is 2.75. The average Bonchev–Trinajstić information content (AvgIpc) is 2.26. The van der Waals surface area contributed by atoms with Crippen molar-refractivity contribution in [2.75, 3.05) is 0 Å². The molecule has 2 heteroatoms. The minimum absolute atomic E-state index is 0.0890. The van der Waals surface area contributed by atoms with Gasteiger partial charge in [-0.25, -0.2) is 4.79 Å². The molecule has 0 aromatic carbocycles. The zero-order chi connectivity index (χ0) is 10.1. The molecule has 1 fully saturated rings. The molecule has 1 aliphatic carbocycles. The van der Waals surface area contributed by atoms with Crippen molar-refractivity contribution in [3.63, 3.8) is 0 Å². The highest BCUT2D eigenvalue weighted by Gasteiger charge is 2.47. The summed E-state index contributed by atoms with van der Waals surface area (Å²) < 4.78 is 5.41. The maximum atomic E-state index is 11.1. The molecule has 1 atom stereocenters. The summed E-state index contributed by atoms with van der Waals surface area (Å²) in [6.07, 6.45) is 4.45. The zero-order valence-corrected chi connectivity index (χ0v) is 8.72. The van der Waals surface area contributed by atoms with E-state index in [1.54, 1.807) is 0 Å². The standard InChI is InChI=1S/C11H18O2/c1-5-9(12)13-11(4)8-6-7-10(11,2)3/h5H,1,6-8H2,2-4H3. The van der Waals surface area contributed by atoms with Crippen molar-refractivity contribution in [2.45, 2.75) is 45.6 Å². The predicted octanol–water partition coefficient (Wildman–Crippen LogP) is 2.68. The molecule has 0 amide bonds. The van der Waals surface area contributed by atoms with Crippen LogP contribution in [-0.4, -0.2) is 11.6 Å². The Hall–Kier alpha value is -0.790. The molecule has 0 saturated heterocycles. The first-order chi connectivity index (χ1) is 5.91. The lowest BCUT2D eigenvalue weighted by atomic mass is 9.79. The van der Waals surface area contributed by atoms with Crippen molar-refractivity contribution in [1.29, 1.82) is 0 Å². The number of esters is 1. The molecule has 0 N–H and O–H groups in total. The molecule has 0 aromatic rings. The van der Waals surface area contributed by atoms with E-state index >= 15 is 0 Å². The molecule has 0 aromatic heterocycles. The topological polar surface area (TPSA) is 26.3 Å². The van der Waals surface area contributed by atoms with Gasteiger partial charge in [-0.05, 0) is 26.2 Å². The average molecular weight is 182 g/mol. The van der Waals surface area contributed by atoms with Crippen molar-refractivity contribution in [1.82, 2.24) is 0 Å². The lowest BCUT2D eigenvalue weighted by Crippen LogP contribution is -2.41. The molecule has 1 rings (SSSR count). The van der Waals surface area contributed by atoms with Crippen LogP contribution < -0.4 is 0 Å². The van der Waals surface area contributed by atoms with Crippen LogP contribution in [-0.2, 0) is 9.53 Å². The molecule has 74 valence electrons. The van der Waals surface area contributed by atoms with Gasteiger partial charge in [0.05, 0.1) is 0 Å². The third kappa shape index (κ3) is 1.77. The number of hydrogen-bond acceptors (Lipinski definition) is 2. The van der Waals surface area contributed by atoms with Crippen LogP contribution in [0.4, 0.5) is 0 Å². The Morgan fingerprint density at radius 1 is 1.38 bits per heavy atom. The molecule has 2 nitrogen and oxygen atoms in total. The molecule has 13 heavy (non-hydrogen) atoms. The summed E-state index contributed by atoms with van der Waals surface area (Å²) in [5.41, 5.74) is -0.218. The van der Waals surface area contributed by atoms with Crippen LogP contribution in [0, 0.1) is 5.41 Å². The summed E-state index contributed by atoms with van der Waals surface area (Å²) in [6, 6.07) is 0. The van der Waals surface area contributed by atoms with E-state index in [0.29, 0.717) is 0 Å². The minimum Gasteiger partial charge on any atom is -0.456 e. The summed E-state index contributed by atoms with van der Waals surface area (Å²) in [5.74, 6) is -0.308. The lowest BCUT2D eigenvalue weighted by Gasteiger charge is -2.37. The molecular formula is C11H18O2. The third-order valence-corrected chi connectivity index (χ3v) is 3.38. The highest BCUT2D eigenvalue weighted by atomic mass is 16.6. The fourth-order valence-corrected chi connectivity index (χ4v) is 1.92. The van der Waals surface area contributed by atoms with E-state index in [4.69, 9.17) is 4.74 Å². The number of ether oxygens (including phenoxy) is 1. The van der Waals surface area contributed by atoms with E-state index in [1.165, 1.54) is 6.08 Å². The predicted molar refractivity (Wildman–Crippen MR) is 52.3 cm³/mol. The fourth-order valence-electron chi connectivity index (χ4n) is 1.92. The minimum atomic E-state index is -0.308. The first-order valence-electron chi connectivity index (χ1n) is 4.77. The van der Waals surface area contributed by atoms with Crippen LogP contribution >= 0.6 is 0 Å². The molecule has 1 aliphatic rings. The molecule has 1 saturated carbocycles. The summed E-state index contributed by atoms with van der Waals surface area (Å²) in [5, 5.41) is 0. The molecular weight excluding hydrogens is 164 g/mol. The summed E-state index contributed by atoms with van der Waals surface area (Å²) >= 11 is 0. The highest BCUT2D eigenvalue weighted by Crippen LogP contribution is 2.48. The van der Waals surface area contributed by atoms with Gasteiger partial charge in [-0.2, -0.15) is 0 Å². The summed E-state index contributed by atoms with van der Waals surface area (Å²) in [7, 11) is 0. The smallest absolute Gasteiger partial charge is 0.330 e. The third-order valence-electron chi connectivity index (χ3n) is 3.38. The summed E-state index contributed by atoms with van der Waals surface area (Å²) in [6.45, 7) is 9.72. The van der Waals surface area contributed by atoms with Gasteiger partial charge in [-0.1, -0.05) is 20.4 Å². The SMILES string of the molecule is C=CC(=O)OC1(C)CCCC1(C)C. The first kappa shape index (κ1) is 10.3. The molecule has 1 unspecified atom stereocenters. The van der Waals surface area contributed by atoms with Crippen LogP contribution in [0.2, 0.25) is 0 Å². The van der Waals surface area contributed by atoms with Gasteiger partial charge < -0.3 is 4.74 Å². The van der Waals surface area contributed by atoms with Gasteiger partial charge in [0.1, 0.15) is 5.60 Å². The number of carbonyl (C=O) groups is 1. The number of rotatable bonds is 2. The van der Waals surface area contributed by atoms with E-state index in [2.05, 4.69) is 20.4 Å². The first-order valence-corrected chi connectivity index (χ1v) is 4.77. The Bertz CT molecular complexity index is 230. The van der Waals surface area contributed by atoms with Crippen molar-refractivity contribution in [3.8, 4) is 0 Å². The van der Waals surface area contributed by atoms with Crippen LogP contribution in [0.1, 0.15) is 40.0 Å². The molecule has 0 spiro atoms. The van der Waals surface area contributed by atoms with E-state index in [-0.39, 0.29) is 17.0 Å². The van der Waals surface area contributed by atoms with E-state index in [0.717, 1.165) is 19.3 Å². The van der Waals surface area contributed by atoms with Crippen LogP contribution in [0.15, 0.2) is 12.7 Å². The second-order valence-electron chi connectivity index (χ2n) is 4.59. The molecule has 0 aliphatic heterocycles. The van der Waals surface area contributed by atoms with Crippen molar-refractivity contribution < 1.29 is 9.53 Å². The largest absolute Gasteiger partial charge is 0.456 e. The molecule has 0 heterocycles. The fraction of sp³-hybridized carbons (Fsp3) is 0.727. The quantitative estimate of drug-likeness (QED) is 0.485. The zero-order valence-electron chi connectivity index (χ0n) is 8.72. The Morgan fingerprint density at radius 3 is 2.38 bits per heavy atom.